The number of rotatable bonds is 7. The SMILES string of the molecule is O=C(CSc1nnc(NC(=O)c2ccccc2Br)s1)NCc1ccccc1Cl. The van der Waals surface area contributed by atoms with Crippen LogP contribution in [0.3, 0.4) is 0 Å². The number of anilines is 1. The van der Waals surface area contributed by atoms with E-state index in [9.17, 15) is 9.59 Å². The van der Waals surface area contributed by atoms with Crippen molar-refractivity contribution in [1.29, 1.82) is 0 Å². The minimum Gasteiger partial charge on any atom is -0.351 e. The molecule has 0 unspecified atom stereocenters. The third-order valence-electron chi connectivity index (χ3n) is 3.51. The molecule has 0 saturated heterocycles. The molecule has 0 aliphatic carbocycles. The monoisotopic (exact) mass is 496 g/mol. The van der Waals surface area contributed by atoms with E-state index in [1.807, 2.05) is 24.3 Å². The predicted molar refractivity (Wildman–Crippen MR) is 116 cm³/mol. The first-order chi connectivity index (χ1) is 13.5. The summed E-state index contributed by atoms with van der Waals surface area (Å²) in [5, 5.41) is 14.5. The van der Waals surface area contributed by atoms with Crippen molar-refractivity contribution in [3.05, 3.63) is 69.2 Å². The molecule has 28 heavy (non-hydrogen) atoms. The van der Waals surface area contributed by atoms with Gasteiger partial charge in [0, 0.05) is 16.0 Å². The van der Waals surface area contributed by atoms with E-state index in [0.717, 1.165) is 5.56 Å². The molecule has 1 heterocycles. The molecular formula is C18H14BrClN4O2S2. The van der Waals surface area contributed by atoms with Crippen LogP contribution in [0.5, 0.6) is 0 Å². The van der Waals surface area contributed by atoms with Crippen LogP contribution in [0.4, 0.5) is 5.13 Å². The first kappa shape index (κ1) is 20.8. The van der Waals surface area contributed by atoms with E-state index < -0.39 is 0 Å². The molecule has 0 radical (unpaired) electrons. The number of benzene rings is 2. The van der Waals surface area contributed by atoms with Gasteiger partial charge in [-0.15, -0.1) is 10.2 Å². The Labute approximate surface area is 183 Å². The third-order valence-corrected chi connectivity index (χ3v) is 6.54. The number of halogens is 2. The fraction of sp³-hybridized carbons (Fsp3) is 0.111. The minimum atomic E-state index is -0.280. The lowest BCUT2D eigenvalue weighted by atomic mass is 10.2. The molecule has 0 aliphatic heterocycles. The standard InChI is InChI=1S/C18H14BrClN4O2S2/c19-13-7-3-2-6-12(13)16(26)22-17-23-24-18(28-17)27-10-15(25)21-9-11-5-1-4-8-14(11)20/h1-8H,9-10H2,(H,21,25)(H,22,23,26). The second-order valence-corrected chi connectivity index (χ2v) is 8.93. The summed E-state index contributed by atoms with van der Waals surface area (Å²) >= 11 is 11.9. The molecule has 0 aliphatic rings. The molecule has 1 aromatic heterocycles. The van der Waals surface area contributed by atoms with Crippen LogP contribution in [0, 0.1) is 0 Å². The van der Waals surface area contributed by atoms with Gasteiger partial charge in [-0.25, -0.2) is 0 Å². The Morgan fingerprint density at radius 2 is 1.86 bits per heavy atom. The zero-order valence-electron chi connectivity index (χ0n) is 14.3. The quantitative estimate of drug-likeness (QED) is 0.368. The highest BCUT2D eigenvalue weighted by Gasteiger charge is 2.13. The summed E-state index contributed by atoms with van der Waals surface area (Å²) in [6.45, 7) is 0.364. The summed E-state index contributed by atoms with van der Waals surface area (Å²) in [5.41, 5.74) is 1.36. The number of nitrogens with zero attached hydrogens (tertiary/aromatic N) is 2. The van der Waals surface area contributed by atoms with E-state index in [4.69, 9.17) is 11.6 Å². The van der Waals surface area contributed by atoms with Gasteiger partial charge in [0.05, 0.1) is 11.3 Å². The van der Waals surface area contributed by atoms with Gasteiger partial charge in [-0.3, -0.25) is 14.9 Å². The predicted octanol–water partition coefficient (Wildman–Crippen LogP) is 4.61. The first-order valence-electron chi connectivity index (χ1n) is 8.05. The molecule has 0 saturated carbocycles. The van der Waals surface area contributed by atoms with Crippen molar-refractivity contribution in [3.63, 3.8) is 0 Å². The summed E-state index contributed by atoms with van der Waals surface area (Å²) in [6, 6.07) is 14.5. The number of aromatic nitrogens is 2. The largest absolute Gasteiger partial charge is 0.351 e. The average Bonchev–Trinajstić information content (AvgIpc) is 3.13. The maximum Gasteiger partial charge on any atom is 0.258 e. The first-order valence-corrected chi connectivity index (χ1v) is 11.0. The highest BCUT2D eigenvalue weighted by atomic mass is 79.9. The van der Waals surface area contributed by atoms with Gasteiger partial charge in [-0.2, -0.15) is 0 Å². The topological polar surface area (TPSA) is 84.0 Å². The molecule has 144 valence electrons. The molecule has 2 aromatic carbocycles. The lowest BCUT2D eigenvalue weighted by Crippen LogP contribution is -2.24. The van der Waals surface area contributed by atoms with Crippen molar-refractivity contribution in [3.8, 4) is 0 Å². The van der Waals surface area contributed by atoms with Crippen molar-refractivity contribution in [1.82, 2.24) is 15.5 Å². The number of amides is 2. The second-order valence-electron chi connectivity index (χ2n) is 5.46. The molecule has 0 atom stereocenters. The van der Waals surface area contributed by atoms with Crippen LogP contribution < -0.4 is 10.6 Å². The third kappa shape index (κ3) is 5.78. The van der Waals surface area contributed by atoms with Crippen LogP contribution in [0.1, 0.15) is 15.9 Å². The van der Waals surface area contributed by atoms with Crippen molar-refractivity contribution >= 4 is 67.6 Å². The maximum absolute atomic E-state index is 12.3. The average molecular weight is 498 g/mol. The minimum absolute atomic E-state index is 0.140. The van der Waals surface area contributed by atoms with Crippen LogP contribution in [0.15, 0.2) is 57.3 Å². The van der Waals surface area contributed by atoms with E-state index in [2.05, 4.69) is 36.8 Å². The van der Waals surface area contributed by atoms with E-state index >= 15 is 0 Å². The fourth-order valence-corrected chi connectivity index (χ4v) is 4.39. The van der Waals surface area contributed by atoms with Crippen LogP contribution in [0.2, 0.25) is 5.02 Å². The highest BCUT2D eigenvalue weighted by Crippen LogP contribution is 2.26. The van der Waals surface area contributed by atoms with E-state index in [-0.39, 0.29) is 17.6 Å². The Hall–Kier alpha value is -1.94. The molecule has 0 bridgehead atoms. The van der Waals surface area contributed by atoms with Crippen molar-refractivity contribution in [2.24, 2.45) is 0 Å². The van der Waals surface area contributed by atoms with Crippen LogP contribution in [-0.2, 0) is 11.3 Å². The van der Waals surface area contributed by atoms with E-state index in [1.165, 1.54) is 23.1 Å². The summed E-state index contributed by atoms with van der Waals surface area (Å²) in [5.74, 6) is -0.228. The normalized spacial score (nSPS) is 10.5. The van der Waals surface area contributed by atoms with Gasteiger partial charge in [0.25, 0.3) is 5.91 Å². The maximum atomic E-state index is 12.3. The van der Waals surface area contributed by atoms with Gasteiger partial charge in [-0.1, -0.05) is 65.0 Å². The van der Waals surface area contributed by atoms with Gasteiger partial charge in [0.15, 0.2) is 4.34 Å². The summed E-state index contributed by atoms with van der Waals surface area (Å²) < 4.78 is 1.29. The van der Waals surface area contributed by atoms with E-state index in [1.54, 1.807) is 24.3 Å². The number of carbonyl (C=O) groups excluding carboxylic acids is 2. The fourth-order valence-electron chi connectivity index (χ4n) is 2.14. The lowest BCUT2D eigenvalue weighted by Gasteiger charge is -2.06. The number of nitrogens with one attached hydrogen (secondary N) is 2. The zero-order chi connectivity index (χ0) is 19.9. The molecule has 10 heteroatoms. The Bertz CT molecular complexity index is 999. The molecular weight excluding hydrogens is 484 g/mol. The van der Waals surface area contributed by atoms with Gasteiger partial charge in [-0.05, 0) is 39.7 Å². The van der Waals surface area contributed by atoms with Crippen LogP contribution >= 0.6 is 50.6 Å². The van der Waals surface area contributed by atoms with Gasteiger partial charge < -0.3 is 5.32 Å². The molecule has 2 amide bonds. The number of hydrogen-bond acceptors (Lipinski definition) is 6. The molecule has 2 N–H and O–H groups in total. The molecule has 0 spiro atoms. The number of hydrogen-bond donors (Lipinski definition) is 2. The number of thioether (sulfide) groups is 1. The Balaban J connectivity index is 1.48. The Kier molecular flexibility index (Phi) is 7.43. The highest BCUT2D eigenvalue weighted by molar-refractivity contribution is 9.10. The van der Waals surface area contributed by atoms with Crippen molar-refractivity contribution in [2.75, 3.05) is 11.1 Å². The van der Waals surface area contributed by atoms with E-state index in [0.29, 0.717) is 31.1 Å². The van der Waals surface area contributed by atoms with Crippen LogP contribution in [0.25, 0.3) is 0 Å². The number of carbonyl (C=O) groups is 2. The van der Waals surface area contributed by atoms with Gasteiger partial charge in [0.2, 0.25) is 11.0 Å². The summed E-state index contributed by atoms with van der Waals surface area (Å²) in [4.78, 5) is 24.3. The Morgan fingerprint density at radius 1 is 1.11 bits per heavy atom. The summed E-state index contributed by atoms with van der Waals surface area (Å²) in [6.07, 6.45) is 0. The van der Waals surface area contributed by atoms with Crippen molar-refractivity contribution < 1.29 is 9.59 Å². The lowest BCUT2D eigenvalue weighted by molar-refractivity contribution is -0.118. The smallest absolute Gasteiger partial charge is 0.258 e. The van der Waals surface area contributed by atoms with Crippen molar-refractivity contribution in [2.45, 2.75) is 10.9 Å². The molecule has 0 fully saturated rings. The second kappa shape index (κ2) is 10.0. The molecule has 3 aromatic rings. The Morgan fingerprint density at radius 3 is 2.64 bits per heavy atom. The van der Waals surface area contributed by atoms with Crippen LogP contribution in [-0.4, -0.2) is 27.8 Å². The van der Waals surface area contributed by atoms with Gasteiger partial charge in [0.1, 0.15) is 0 Å². The molecule has 3 rings (SSSR count). The zero-order valence-corrected chi connectivity index (χ0v) is 18.3. The van der Waals surface area contributed by atoms with Gasteiger partial charge >= 0.3 is 0 Å². The summed E-state index contributed by atoms with van der Waals surface area (Å²) in [7, 11) is 0. The molecule has 6 nitrogen and oxygen atoms in total.